The predicted octanol–water partition coefficient (Wildman–Crippen LogP) is 4.27. The molecular formula is C21H24N4O2. The Bertz CT molecular complexity index is 937. The topological polar surface area (TPSA) is 64.2 Å². The minimum absolute atomic E-state index is 0.0139. The van der Waals surface area contributed by atoms with Crippen molar-refractivity contribution in [3.8, 4) is 11.4 Å². The molecule has 1 saturated heterocycles. The summed E-state index contributed by atoms with van der Waals surface area (Å²) in [4.78, 5) is 19.5. The van der Waals surface area contributed by atoms with Crippen LogP contribution in [0.1, 0.15) is 55.9 Å². The molecule has 0 spiro atoms. The summed E-state index contributed by atoms with van der Waals surface area (Å²) in [6.45, 7) is 7.05. The third-order valence-electron chi connectivity index (χ3n) is 4.99. The molecule has 140 valence electrons. The molecule has 6 nitrogen and oxygen atoms in total. The summed E-state index contributed by atoms with van der Waals surface area (Å²) in [5.41, 5.74) is 1.55. The molecule has 6 heteroatoms. The third-order valence-corrected chi connectivity index (χ3v) is 4.99. The molecule has 1 fully saturated rings. The molecule has 3 aromatic rings. The number of amides is 1. The molecule has 0 aliphatic carbocycles. The van der Waals surface area contributed by atoms with Crippen molar-refractivity contribution >= 4 is 5.91 Å². The van der Waals surface area contributed by atoms with Crippen LogP contribution in [-0.4, -0.2) is 32.1 Å². The first kappa shape index (κ1) is 17.5. The Balaban J connectivity index is 1.57. The van der Waals surface area contributed by atoms with Crippen LogP contribution < -0.4 is 0 Å². The van der Waals surface area contributed by atoms with Crippen LogP contribution in [0, 0.1) is 0 Å². The van der Waals surface area contributed by atoms with Gasteiger partial charge in [0.15, 0.2) is 0 Å². The van der Waals surface area contributed by atoms with Gasteiger partial charge in [-0.05, 0) is 39.7 Å². The Morgan fingerprint density at radius 2 is 1.96 bits per heavy atom. The van der Waals surface area contributed by atoms with Gasteiger partial charge in [0.2, 0.25) is 11.7 Å². The molecule has 1 aromatic carbocycles. The number of benzene rings is 1. The van der Waals surface area contributed by atoms with E-state index in [1.165, 1.54) is 0 Å². The number of carbonyl (C=O) groups is 1. The molecule has 4 rings (SSSR count). The number of hydrogen-bond acceptors (Lipinski definition) is 4. The Morgan fingerprint density at radius 1 is 1.19 bits per heavy atom. The van der Waals surface area contributed by atoms with Gasteiger partial charge in [0, 0.05) is 30.0 Å². The van der Waals surface area contributed by atoms with E-state index < -0.39 is 0 Å². The van der Waals surface area contributed by atoms with Crippen LogP contribution in [0.3, 0.4) is 0 Å². The summed E-state index contributed by atoms with van der Waals surface area (Å²) in [6, 6.07) is 11.4. The largest absolute Gasteiger partial charge is 0.348 e. The van der Waals surface area contributed by atoms with Crippen LogP contribution in [0.15, 0.2) is 53.3 Å². The third kappa shape index (κ3) is 3.39. The Morgan fingerprint density at radius 3 is 2.67 bits per heavy atom. The van der Waals surface area contributed by atoms with Crippen molar-refractivity contribution in [2.45, 2.75) is 45.2 Å². The normalized spacial score (nSPS) is 17.4. The van der Waals surface area contributed by atoms with Crippen molar-refractivity contribution < 1.29 is 9.32 Å². The molecular weight excluding hydrogens is 340 g/mol. The van der Waals surface area contributed by atoms with Gasteiger partial charge in [-0.1, -0.05) is 35.5 Å². The maximum atomic E-state index is 13.1. The highest BCUT2D eigenvalue weighted by Gasteiger charge is 2.35. The molecule has 3 heterocycles. The number of hydrogen-bond donors (Lipinski definition) is 0. The van der Waals surface area contributed by atoms with E-state index in [4.69, 9.17) is 4.52 Å². The van der Waals surface area contributed by atoms with Gasteiger partial charge in [0.05, 0.1) is 5.56 Å². The number of rotatable bonds is 3. The van der Waals surface area contributed by atoms with Crippen LogP contribution in [0.5, 0.6) is 0 Å². The summed E-state index contributed by atoms with van der Waals surface area (Å²) in [6.07, 6.45) is 5.64. The zero-order chi connectivity index (χ0) is 19.0. The monoisotopic (exact) mass is 364 g/mol. The van der Waals surface area contributed by atoms with Crippen LogP contribution in [-0.2, 0) is 5.54 Å². The second-order valence-electron chi connectivity index (χ2n) is 7.96. The minimum atomic E-state index is -0.166. The zero-order valence-electron chi connectivity index (χ0n) is 15.9. The summed E-state index contributed by atoms with van der Waals surface area (Å²) in [7, 11) is 0. The predicted molar refractivity (Wildman–Crippen MR) is 102 cm³/mol. The van der Waals surface area contributed by atoms with E-state index in [1.807, 2.05) is 53.7 Å². The lowest BCUT2D eigenvalue weighted by molar-refractivity contribution is 0.0710. The highest BCUT2D eigenvalue weighted by atomic mass is 16.5. The summed E-state index contributed by atoms with van der Waals surface area (Å²) in [5, 5.41) is 4.11. The quantitative estimate of drug-likeness (QED) is 0.696. The van der Waals surface area contributed by atoms with Gasteiger partial charge in [0.25, 0.3) is 5.91 Å². The first-order valence-electron chi connectivity index (χ1n) is 9.32. The Labute approximate surface area is 158 Å². The van der Waals surface area contributed by atoms with Crippen molar-refractivity contribution in [2.24, 2.45) is 0 Å². The summed E-state index contributed by atoms with van der Waals surface area (Å²) in [5.74, 6) is 1.08. The second kappa shape index (κ2) is 6.68. The number of aromatic nitrogens is 3. The average molecular weight is 364 g/mol. The van der Waals surface area contributed by atoms with Gasteiger partial charge in [-0.25, -0.2) is 0 Å². The van der Waals surface area contributed by atoms with Crippen LogP contribution in [0.2, 0.25) is 0 Å². The van der Waals surface area contributed by atoms with Crippen molar-refractivity contribution in [1.82, 2.24) is 19.6 Å². The van der Waals surface area contributed by atoms with Crippen molar-refractivity contribution in [2.75, 3.05) is 6.54 Å². The Hall–Kier alpha value is -2.89. The van der Waals surface area contributed by atoms with Crippen molar-refractivity contribution in [3.05, 3.63) is 60.2 Å². The highest BCUT2D eigenvalue weighted by molar-refractivity contribution is 5.94. The molecule has 1 aliphatic heterocycles. The molecule has 0 saturated carbocycles. The van der Waals surface area contributed by atoms with E-state index >= 15 is 0 Å². The molecule has 0 bridgehead atoms. The molecule has 2 aromatic heterocycles. The zero-order valence-corrected chi connectivity index (χ0v) is 15.9. The first-order chi connectivity index (χ1) is 12.9. The van der Waals surface area contributed by atoms with E-state index in [0.717, 1.165) is 18.4 Å². The van der Waals surface area contributed by atoms with E-state index in [0.29, 0.717) is 23.8 Å². The van der Waals surface area contributed by atoms with Gasteiger partial charge in [0.1, 0.15) is 6.04 Å². The average Bonchev–Trinajstić information content (AvgIpc) is 3.40. The number of likely N-dealkylation sites (tertiary alicyclic amines) is 1. The van der Waals surface area contributed by atoms with Gasteiger partial charge < -0.3 is 14.0 Å². The fourth-order valence-corrected chi connectivity index (χ4v) is 3.45. The lowest BCUT2D eigenvalue weighted by atomic mass is 10.1. The SMILES string of the molecule is CC(C)(C)n1ccc(C(=O)N2CCCC2c2nc(-c3ccccc3)no2)c1. The smallest absolute Gasteiger partial charge is 0.256 e. The molecule has 0 N–H and O–H groups in total. The molecule has 0 radical (unpaired) electrons. The fourth-order valence-electron chi connectivity index (χ4n) is 3.45. The van der Waals surface area contributed by atoms with E-state index in [1.54, 1.807) is 0 Å². The molecule has 1 aliphatic rings. The Kier molecular flexibility index (Phi) is 4.34. The fraction of sp³-hybridized carbons (Fsp3) is 0.381. The van der Waals surface area contributed by atoms with Crippen LogP contribution >= 0.6 is 0 Å². The molecule has 1 unspecified atom stereocenters. The van der Waals surface area contributed by atoms with E-state index in [2.05, 4.69) is 35.5 Å². The maximum absolute atomic E-state index is 13.1. The molecule has 1 atom stereocenters. The standard InChI is InChI=1S/C21H24N4O2/c1-21(2,3)24-13-11-16(14-24)20(26)25-12-7-10-17(25)19-22-18(23-27-19)15-8-5-4-6-9-15/h4-6,8-9,11,13-14,17H,7,10,12H2,1-3H3. The summed E-state index contributed by atoms with van der Waals surface area (Å²) >= 11 is 0. The number of nitrogens with zero attached hydrogens (tertiary/aromatic N) is 4. The van der Waals surface area contributed by atoms with Gasteiger partial charge in [-0.2, -0.15) is 4.98 Å². The van der Waals surface area contributed by atoms with Crippen LogP contribution in [0.4, 0.5) is 0 Å². The number of carbonyl (C=O) groups excluding carboxylic acids is 1. The first-order valence-corrected chi connectivity index (χ1v) is 9.32. The van der Waals surface area contributed by atoms with E-state index in [-0.39, 0.29) is 17.5 Å². The lowest BCUT2D eigenvalue weighted by Crippen LogP contribution is -2.30. The summed E-state index contributed by atoms with van der Waals surface area (Å²) < 4.78 is 7.58. The second-order valence-corrected chi connectivity index (χ2v) is 7.96. The van der Waals surface area contributed by atoms with Gasteiger partial charge >= 0.3 is 0 Å². The highest BCUT2D eigenvalue weighted by Crippen LogP contribution is 2.33. The van der Waals surface area contributed by atoms with Crippen LogP contribution in [0.25, 0.3) is 11.4 Å². The minimum Gasteiger partial charge on any atom is -0.348 e. The van der Waals surface area contributed by atoms with Gasteiger partial charge in [-0.15, -0.1) is 0 Å². The van der Waals surface area contributed by atoms with Crippen molar-refractivity contribution in [1.29, 1.82) is 0 Å². The van der Waals surface area contributed by atoms with Crippen molar-refractivity contribution in [3.63, 3.8) is 0 Å². The lowest BCUT2D eigenvalue weighted by Gasteiger charge is -2.22. The maximum Gasteiger partial charge on any atom is 0.256 e. The molecule has 1 amide bonds. The molecule has 27 heavy (non-hydrogen) atoms. The van der Waals surface area contributed by atoms with Gasteiger partial charge in [-0.3, -0.25) is 4.79 Å². The van der Waals surface area contributed by atoms with E-state index in [9.17, 15) is 4.79 Å².